The van der Waals surface area contributed by atoms with Gasteiger partial charge in [-0.25, -0.2) is 9.97 Å². The van der Waals surface area contributed by atoms with Gasteiger partial charge in [0.1, 0.15) is 31.2 Å². The van der Waals surface area contributed by atoms with Crippen LogP contribution in [0.1, 0.15) is 5.56 Å². The fourth-order valence-electron chi connectivity index (χ4n) is 2.80. The van der Waals surface area contributed by atoms with Crippen molar-refractivity contribution < 1.29 is 9.47 Å². The van der Waals surface area contributed by atoms with Crippen LogP contribution in [0.2, 0.25) is 0 Å². The predicted molar refractivity (Wildman–Crippen MR) is 96.3 cm³/mol. The van der Waals surface area contributed by atoms with Crippen molar-refractivity contribution >= 4 is 23.4 Å². The molecule has 0 aliphatic carbocycles. The van der Waals surface area contributed by atoms with Gasteiger partial charge in [0, 0.05) is 37.2 Å². The molecule has 1 N–H and O–H groups in total. The van der Waals surface area contributed by atoms with E-state index in [-0.39, 0.29) is 0 Å². The van der Waals surface area contributed by atoms with Gasteiger partial charge in [0.25, 0.3) is 0 Å². The molecule has 0 radical (unpaired) electrons. The molecule has 0 unspecified atom stereocenters. The molecule has 0 spiro atoms. The second-order valence-corrected chi connectivity index (χ2v) is 6.92. The zero-order chi connectivity index (χ0) is 16.2. The fraction of sp³-hybridized carbons (Fsp3) is 0.412. The lowest BCUT2D eigenvalue weighted by Gasteiger charge is -2.27. The van der Waals surface area contributed by atoms with E-state index in [0.29, 0.717) is 19.8 Å². The van der Waals surface area contributed by atoms with Crippen LogP contribution in [0.25, 0.3) is 0 Å². The van der Waals surface area contributed by atoms with Crippen LogP contribution in [0, 0.1) is 0 Å². The van der Waals surface area contributed by atoms with Crippen molar-refractivity contribution in [2.75, 3.05) is 48.0 Å². The maximum Gasteiger partial charge on any atom is 0.161 e. The molecule has 6 nitrogen and oxygen atoms in total. The number of anilines is 2. The van der Waals surface area contributed by atoms with Crippen molar-refractivity contribution in [2.45, 2.75) is 6.54 Å². The second kappa shape index (κ2) is 7.17. The van der Waals surface area contributed by atoms with E-state index in [4.69, 9.17) is 9.47 Å². The summed E-state index contributed by atoms with van der Waals surface area (Å²) in [6, 6.07) is 8.05. The van der Waals surface area contributed by atoms with Gasteiger partial charge in [0.15, 0.2) is 11.5 Å². The Kier molecular flexibility index (Phi) is 4.60. The Hall–Kier alpha value is -2.15. The summed E-state index contributed by atoms with van der Waals surface area (Å²) in [5.41, 5.74) is 1.13. The minimum absolute atomic E-state index is 0.604. The molecule has 2 aromatic rings. The van der Waals surface area contributed by atoms with Gasteiger partial charge < -0.3 is 19.7 Å². The number of nitrogens with one attached hydrogen (secondary N) is 1. The van der Waals surface area contributed by atoms with Crippen LogP contribution in [-0.2, 0) is 6.54 Å². The number of hydrogen-bond donors (Lipinski definition) is 1. The standard InChI is InChI=1S/C17H20N4O2S/c1-2-14-15(23-6-5-22-14)9-13(1)11-18-16-10-17(20-12-19-16)21-3-7-24-8-4-21/h1-2,9-10,12H,3-8,11H2,(H,18,19,20). The van der Waals surface area contributed by atoms with Gasteiger partial charge in [-0.3, -0.25) is 0 Å². The van der Waals surface area contributed by atoms with Crippen LogP contribution in [0.15, 0.2) is 30.6 Å². The Balaban J connectivity index is 1.42. The van der Waals surface area contributed by atoms with Crippen molar-refractivity contribution in [3.8, 4) is 11.5 Å². The van der Waals surface area contributed by atoms with Gasteiger partial charge in [0.05, 0.1) is 0 Å². The first kappa shape index (κ1) is 15.4. The molecule has 3 heterocycles. The Morgan fingerprint density at radius 1 is 1.04 bits per heavy atom. The Morgan fingerprint density at radius 2 is 1.88 bits per heavy atom. The van der Waals surface area contributed by atoms with Gasteiger partial charge in [-0.15, -0.1) is 0 Å². The monoisotopic (exact) mass is 344 g/mol. The number of rotatable bonds is 4. The molecule has 1 fully saturated rings. The van der Waals surface area contributed by atoms with Crippen molar-refractivity contribution in [1.29, 1.82) is 0 Å². The highest BCUT2D eigenvalue weighted by Gasteiger charge is 2.14. The zero-order valence-electron chi connectivity index (χ0n) is 13.4. The third-order valence-electron chi connectivity index (χ3n) is 4.07. The number of ether oxygens (including phenoxy) is 2. The maximum atomic E-state index is 5.63. The minimum Gasteiger partial charge on any atom is -0.486 e. The first-order valence-corrected chi connectivity index (χ1v) is 9.31. The lowest BCUT2D eigenvalue weighted by atomic mass is 10.2. The summed E-state index contributed by atoms with van der Waals surface area (Å²) in [4.78, 5) is 11.0. The summed E-state index contributed by atoms with van der Waals surface area (Å²) in [6.45, 7) is 3.99. The molecular weight excluding hydrogens is 324 g/mol. The molecule has 0 amide bonds. The predicted octanol–water partition coefficient (Wildman–Crippen LogP) is 2.41. The van der Waals surface area contributed by atoms with Crippen molar-refractivity contribution in [3.05, 3.63) is 36.2 Å². The highest BCUT2D eigenvalue weighted by Crippen LogP contribution is 2.31. The van der Waals surface area contributed by atoms with E-state index in [0.717, 1.165) is 53.3 Å². The SMILES string of the molecule is c1nc(NCc2ccc3c(c2)OCCO3)cc(N2CCSCC2)n1. The third kappa shape index (κ3) is 3.51. The van der Waals surface area contributed by atoms with E-state index in [1.807, 2.05) is 36.0 Å². The number of aromatic nitrogens is 2. The molecular formula is C17H20N4O2S. The summed E-state index contributed by atoms with van der Waals surface area (Å²) in [5.74, 6) is 5.78. The molecule has 0 bridgehead atoms. The van der Waals surface area contributed by atoms with E-state index in [1.165, 1.54) is 0 Å². The average molecular weight is 344 g/mol. The van der Waals surface area contributed by atoms with E-state index in [2.05, 4.69) is 20.2 Å². The maximum absolute atomic E-state index is 5.63. The minimum atomic E-state index is 0.604. The van der Waals surface area contributed by atoms with E-state index < -0.39 is 0 Å². The molecule has 2 aliphatic heterocycles. The third-order valence-corrected chi connectivity index (χ3v) is 5.01. The summed E-state index contributed by atoms with van der Waals surface area (Å²) < 4.78 is 11.2. The van der Waals surface area contributed by atoms with Crippen molar-refractivity contribution in [1.82, 2.24) is 9.97 Å². The van der Waals surface area contributed by atoms with Gasteiger partial charge in [-0.1, -0.05) is 6.07 Å². The lowest BCUT2D eigenvalue weighted by Crippen LogP contribution is -2.33. The molecule has 24 heavy (non-hydrogen) atoms. The Labute approximate surface area is 145 Å². The molecule has 2 aliphatic rings. The summed E-state index contributed by atoms with van der Waals surface area (Å²) >= 11 is 1.99. The van der Waals surface area contributed by atoms with Gasteiger partial charge >= 0.3 is 0 Å². The topological polar surface area (TPSA) is 59.5 Å². The molecule has 1 saturated heterocycles. The first-order valence-electron chi connectivity index (χ1n) is 8.16. The van der Waals surface area contributed by atoms with Crippen LogP contribution < -0.4 is 19.7 Å². The highest BCUT2D eigenvalue weighted by molar-refractivity contribution is 7.99. The van der Waals surface area contributed by atoms with Gasteiger partial charge in [0.2, 0.25) is 0 Å². The number of benzene rings is 1. The largest absolute Gasteiger partial charge is 0.486 e. The quantitative estimate of drug-likeness (QED) is 0.914. The van der Waals surface area contributed by atoms with Crippen LogP contribution >= 0.6 is 11.8 Å². The number of nitrogens with zero attached hydrogens (tertiary/aromatic N) is 3. The lowest BCUT2D eigenvalue weighted by molar-refractivity contribution is 0.171. The normalized spacial score (nSPS) is 16.8. The van der Waals surface area contributed by atoms with E-state index in [1.54, 1.807) is 6.33 Å². The first-order chi connectivity index (χ1) is 11.9. The van der Waals surface area contributed by atoms with Crippen LogP contribution in [0.3, 0.4) is 0 Å². The summed E-state index contributed by atoms with van der Waals surface area (Å²) in [7, 11) is 0. The molecule has 0 saturated carbocycles. The molecule has 1 aromatic heterocycles. The smallest absolute Gasteiger partial charge is 0.161 e. The average Bonchev–Trinajstić information content (AvgIpc) is 2.67. The fourth-order valence-corrected chi connectivity index (χ4v) is 3.70. The van der Waals surface area contributed by atoms with E-state index >= 15 is 0 Å². The molecule has 1 aromatic carbocycles. The summed E-state index contributed by atoms with van der Waals surface area (Å²) in [5, 5.41) is 3.37. The number of hydrogen-bond acceptors (Lipinski definition) is 7. The van der Waals surface area contributed by atoms with Crippen LogP contribution in [0.5, 0.6) is 11.5 Å². The van der Waals surface area contributed by atoms with E-state index in [9.17, 15) is 0 Å². The Morgan fingerprint density at radius 3 is 2.75 bits per heavy atom. The second-order valence-electron chi connectivity index (χ2n) is 5.69. The highest BCUT2D eigenvalue weighted by atomic mass is 32.2. The van der Waals surface area contributed by atoms with Crippen molar-refractivity contribution in [3.63, 3.8) is 0 Å². The molecule has 4 rings (SSSR count). The van der Waals surface area contributed by atoms with Gasteiger partial charge in [-0.2, -0.15) is 11.8 Å². The van der Waals surface area contributed by atoms with Crippen molar-refractivity contribution in [2.24, 2.45) is 0 Å². The van der Waals surface area contributed by atoms with Crippen LogP contribution in [-0.4, -0.2) is 47.8 Å². The number of fused-ring (bicyclic) bond motifs is 1. The molecule has 7 heteroatoms. The zero-order valence-corrected chi connectivity index (χ0v) is 14.2. The number of thioether (sulfide) groups is 1. The molecule has 126 valence electrons. The summed E-state index contributed by atoms with van der Waals surface area (Å²) in [6.07, 6.45) is 1.63. The Bertz CT molecular complexity index is 707. The van der Waals surface area contributed by atoms with Crippen LogP contribution in [0.4, 0.5) is 11.6 Å². The molecule has 0 atom stereocenters. The van der Waals surface area contributed by atoms with Gasteiger partial charge in [-0.05, 0) is 17.7 Å².